The fourth-order valence-electron chi connectivity index (χ4n) is 1.04. The summed E-state index contributed by atoms with van der Waals surface area (Å²) in [5, 5.41) is 0. The van der Waals surface area contributed by atoms with E-state index < -0.39 is 0 Å². The Kier molecular flexibility index (Phi) is 8.12. The van der Waals surface area contributed by atoms with Gasteiger partial charge in [0, 0.05) is 13.7 Å². The molecule has 0 saturated carbocycles. The Morgan fingerprint density at radius 1 is 1.50 bits per heavy atom. The second-order valence-corrected chi connectivity index (χ2v) is 2.63. The van der Waals surface area contributed by atoms with Crippen LogP contribution in [0.4, 0.5) is 0 Å². The number of carbonyl (C=O) groups excluding carboxylic acids is 1. The molecular formula is C9H17O3. The molecule has 12 heavy (non-hydrogen) atoms. The Labute approximate surface area is 74.0 Å². The second kappa shape index (κ2) is 8.53. The molecule has 0 bridgehead atoms. The Morgan fingerprint density at radius 2 is 2.25 bits per heavy atom. The lowest BCUT2D eigenvalue weighted by Crippen LogP contribution is -2.12. The lowest BCUT2D eigenvalue weighted by Gasteiger charge is -2.13. The fourth-order valence-corrected chi connectivity index (χ4v) is 1.04. The van der Waals surface area contributed by atoms with Crippen molar-refractivity contribution in [2.45, 2.75) is 31.8 Å². The van der Waals surface area contributed by atoms with E-state index in [4.69, 9.17) is 9.47 Å². The molecule has 71 valence electrons. The van der Waals surface area contributed by atoms with Gasteiger partial charge in [0.15, 0.2) is 0 Å². The normalized spacial score (nSPS) is 12.5. The van der Waals surface area contributed by atoms with Gasteiger partial charge in [0.25, 0.3) is 6.47 Å². The second-order valence-electron chi connectivity index (χ2n) is 2.63. The molecule has 0 aliphatic rings. The zero-order valence-corrected chi connectivity index (χ0v) is 7.62. The van der Waals surface area contributed by atoms with Crippen molar-refractivity contribution in [3.63, 3.8) is 0 Å². The molecule has 0 rings (SSSR count). The van der Waals surface area contributed by atoms with Crippen molar-refractivity contribution in [2.24, 2.45) is 0 Å². The summed E-state index contributed by atoms with van der Waals surface area (Å²) < 4.78 is 9.74. The van der Waals surface area contributed by atoms with Crippen molar-refractivity contribution in [3.05, 3.63) is 6.92 Å². The lowest BCUT2D eigenvalue weighted by molar-refractivity contribution is -0.134. The van der Waals surface area contributed by atoms with Gasteiger partial charge in [0.1, 0.15) is 6.10 Å². The van der Waals surface area contributed by atoms with E-state index in [9.17, 15) is 4.79 Å². The number of methoxy groups -OCH3 is 1. The Hall–Kier alpha value is -0.570. The molecule has 0 aromatic heterocycles. The van der Waals surface area contributed by atoms with E-state index in [1.807, 2.05) is 0 Å². The van der Waals surface area contributed by atoms with Crippen LogP contribution in [0.15, 0.2) is 0 Å². The minimum atomic E-state index is 0.0233. The van der Waals surface area contributed by atoms with Crippen molar-refractivity contribution in [1.29, 1.82) is 0 Å². The Morgan fingerprint density at radius 3 is 2.75 bits per heavy atom. The van der Waals surface area contributed by atoms with E-state index in [0.717, 1.165) is 32.3 Å². The molecule has 0 aromatic rings. The van der Waals surface area contributed by atoms with Crippen LogP contribution in [-0.2, 0) is 14.3 Å². The number of hydrogen-bond donors (Lipinski definition) is 0. The van der Waals surface area contributed by atoms with Gasteiger partial charge in [-0.25, -0.2) is 0 Å². The van der Waals surface area contributed by atoms with E-state index in [0.29, 0.717) is 6.47 Å². The molecule has 0 spiro atoms. The van der Waals surface area contributed by atoms with E-state index in [2.05, 4.69) is 6.92 Å². The molecule has 3 heteroatoms. The maximum Gasteiger partial charge on any atom is 0.293 e. The third-order valence-corrected chi connectivity index (χ3v) is 1.65. The average molecular weight is 173 g/mol. The molecule has 0 aliphatic heterocycles. The van der Waals surface area contributed by atoms with Crippen LogP contribution in [0.2, 0.25) is 0 Å². The van der Waals surface area contributed by atoms with Gasteiger partial charge in [-0.1, -0.05) is 6.92 Å². The van der Waals surface area contributed by atoms with Crippen molar-refractivity contribution in [1.82, 2.24) is 0 Å². The third kappa shape index (κ3) is 6.16. The molecule has 1 atom stereocenters. The maximum atomic E-state index is 10.0. The maximum absolute atomic E-state index is 10.0. The number of hydrogen-bond acceptors (Lipinski definition) is 3. The van der Waals surface area contributed by atoms with E-state index in [-0.39, 0.29) is 6.10 Å². The molecule has 1 radical (unpaired) electrons. The highest BCUT2D eigenvalue weighted by molar-refractivity contribution is 5.37. The van der Waals surface area contributed by atoms with E-state index >= 15 is 0 Å². The zero-order chi connectivity index (χ0) is 9.23. The number of ether oxygens (including phenoxy) is 2. The molecular weight excluding hydrogens is 156 g/mol. The zero-order valence-electron chi connectivity index (χ0n) is 7.62. The van der Waals surface area contributed by atoms with Crippen LogP contribution < -0.4 is 0 Å². The van der Waals surface area contributed by atoms with Gasteiger partial charge < -0.3 is 9.47 Å². The molecule has 0 fully saturated rings. The summed E-state index contributed by atoms with van der Waals surface area (Å²) in [6.07, 6.45) is 3.44. The quantitative estimate of drug-likeness (QED) is 0.413. The van der Waals surface area contributed by atoms with Gasteiger partial charge in [0.05, 0.1) is 0 Å². The van der Waals surface area contributed by atoms with Crippen LogP contribution in [0.3, 0.4) is 0 Å². The average Bonchev–Trinajstić information content (AvgIpc) is 2.06. The molecule has 1 unspecified atom stereocenters. The highest BCUT2D eigenvalue weighted by Gasteiger charge is 2.06. The van der Waals surface area contributed by atoms with Crippen LogP contribution in [0.25, 0.3) is 0 Å². The monoisotopic (exact) mass is 173 g/mol. The van der Waals surface area contributed by atoms with Crippen LogP contribution in [0.1, 0.15) is 25.7 Å². The predicted octanol–water partition coefficient (Wildman–Crippen LogP) is 1.57. The molecule has 0 aliphatic carbocycles. The first kappa shape index (κ1) is 11.4. The summed E-state index contributed by atoms with van der Waals surface area (Å²) in [6, 6.07) is 0. The van der Waals surface area contributed by atoms with Crippen molar-refractivity contribution in [3.8, 4) is 0 Å². The topological polar surface area (TPSA) is 35.5 Å². The molecule has 0 N–H and O–H groups in total. The standard InChI is InChI=1S/C9H17O3/c1-3-5-9(12-8-10)6-4-7-11-2/h8-9H,1,3-7H2,2H3. The number of rotatable bonds is 8. The molecule has 0 saturated heterocycles. The van der Waals surface area contributed by atoms with Gasteiger partial charge in [-0.3, -0.25) is 4.79 Å². The summed E-state index contributed by atoms with van der Waals surface area (Å²) in [7, 11) is 1.66. The van der Waals surface area contributed by atoms with Crippen LogP contribution in [0, 0.1) is 6.92 Å². The van der Waals surface area contributed by atoms with Crippen molar-refractivity contribution >= 4 is 6.47 Å². The van der Waals surface area contributed by atoms with Crippen molar-refractivity contribution < 1.29 is 14.3 Å². The minimum Gasteiger partial charge on any atom is -0.465 e. The van der Waals surface area contributed by atoms with Gasteiger partial charge in [-0.15, -0.1) is 0 Å². The first-order valence-corrected chi connectivity index (χ1v) is 4.22. The summed E-state index contributed by atoms with van der Waals surface area (Å²) in [5.41, 5.74) is 0. The summed E-state index contributed by atoms with van der Waals surface area (Å²) >= 11 is 0. The van der Waals surface area contributed by atoms with Gasteiger partial charge in [0.2, 0.25) is 0 Å². The van der Waals surface area contributed by atoms with Gasteiger partial charge in [-0.2, -0.15) is 0 Å². The molecule has 0 aromatic carbocycles. The highest BCUT2D eigenvalue weighted by Crippen LogP contribution is 2.07. The van der Waals surface area contributed by atoms with Gasteiger partial charge >= 0.3 is 0 Å². The van der Waals surface area contributed by atoms with Crippen LogP contribution in [-0.4, -0.2) is 26.3 Å². The first-order chi connectivity index (χ1) is 5.85. The third-order valence-electron chi connectivity index (χ3n) is 1.65. The largest absolute Gasteiger partial charge is 0.465 e. The molecule has 0 heterocycles. The Balaban J connectivity index is 3.40. The smallest absolute Gasteiger partial charge is 0.293 e. The van der Waals surface area contributed by atoms with Crippen LogP contribution >= 0.6 is 0 Å². The fraction of sp³-hybridized carbons (Fsp3) is 0.778. The lowest BCUT2D eigenvalue weighted by atomic mass is 10.1. The summed E-state index contributed by atoms with van der Waals surface area (Å²) in [4.78, 5) is 10.0. The van der Waals surface area contributed by atoms with Gasteiger partial charge in [-0.05, 0) is 25.7 Å². The van der Waals surface area contributed by atoms with Crippen LogP contribution in [0.5, 0.6) is 0 Å². The van der Waals surface area contributed by atoms with Crippen molar-refractivity contribution in [2.75, 3.05) is 13.7 Å². The number of carbonyl (C=O) groups is 1. The highest BCUT2D eigenvalue weighted by atomic mass is 16.5. The molecule has 0 amide bonds. The predicted molar refractivity (Wildman–Crippen MR) is 46.6 cm³/mol. The summed E-state index contributed by atoms with van der Waals surface area (Å²) in [6.45, 7) is 4.93. The first-order valence-electron chi connectivity index (χ1n) is 4.22. The van der Waals surface area contributed by atoms with E-state index in [1.165, 1.54) is 0 Å². The Bertz CT molecular complexity index is 104. The minimum absolute atomic E-state index is 0.0233. The SMILES string of the molecule is [CH2]CCC(CCCOC)OC=O. The summed E-state index contributed by atoms with van der Waals surface area (Å²) in [5.74, 6) is 0. The molecule has 3 nitrogen and oxygen atoms in total. The van der Waals surface area contributed by atoms with E-state index in [1.54, 1.807) is 7.11 Å².